The van der Waals surface area contributed by atoms with Gasteiger partial charge in [-0.15, -0.1) is 0 Å². The van der Waals surface area contributed by atoms with E-state index in [9.17, 15) is 19.5 Å². The summed E-state index contributed by atoms with van der Waals surface area (Å²) in [6, 6.07) is 7.40. The van der Waals surface area contributed by atoms with Crippen molar-refractivity contribution in [2.45, 2.75) is 33.4 Å². The van der Waals surface area contributed by atoms with Crippen molar-refractivity contribution in [3.05, 3.63) is 81.3 Å². The fourth-order valence-electron chi connectivity index (χ4n) is 3.96. The number of nitrogens with zero attached hydrogens (tertiary/aromatic N) is 4. The lowest BCUT2D eigenvalue weighted by Gasteiger charge is -2.29. The number of benzene rings is 1. The first-order valence-electron chi connectivity index (χ1n) is 10.2. The van der Waals surface area contributed by atoms with Gasteiger partial charge in [0.05, 0.1) is 12.2 Å². The van der Waals surface area contributed by atoms with Gasteiger partial charge in [0.1, 0.15) is 11.4 Å². The van der Waals surface area contributed by atoms with Crippen molar-refractivity contribution in [1.82, 2.24) is 19.0 Å². The summed E-state index contributed by atoms with van der Waals surface area (Å²) < 4.78 is 3.35. The third-order valence-corrected chi connectivity index (χ3v) is 5.57. The number of carbonyl (C=O) groups excluding carboxylic acids is 1. The summed E-state index contributed by atoms with van der Waals surface area (Å²) in [4.78, 5) is 51.3. The van der Waals surface area contributed by atoms with Crippen LogP contribution in [-0.4, -0.2) is 54.1 Å². The average Bonchev–Trinajstić information content (AvgIpc) is 3.18. The van der Waals surface area contributed by atoms with E-state index >= 15 is 0 Å². The van der Waals surface area contributed by atoms with Gasteiger partial charge in [-0.2, -0.15) is 0 Å². The van der Waals surface area contributed by atoms with E-state index < -0.39 is 11.5 Å². The first-order chi connectivity index (χ1) is 15.8. The second kappa shape index (κ2) is 9.94. The molecule has 10 heteroatoms. The first-order valence-corrected chi connectivity index (χ1v) is 10.2. The van der Waals surface area contributed by atoms with Gasteiger partial charge in [0.15, 0.2) is 0 Å². The minimum Gasteiger partial charge on any atom is -0.483 e. The van der Waals surface area contributed by atoms with Crippen molar-refractivity contribution in [3.63, 3.8) is 0 Å². The second-order valence-electron chi connectivity index (χ2n) is 7.52. The molecule has 0 bridgehead atoms. The number of hydrogen-bond donors (Lipinski definition) is 2. The maximum Gasteiger partial charge on any atom is 0.341 e. The van der Waals surface area contributed by atoms with E-state index in [4.69, 9.17) is 9.90 Å². The molecule has 4 rings (SSSR count). The highest BCUT2D eigenvalue weighted by Crippen LogP contribution is 2.23. The van der Waals surface area contributed by atoms with E-state index in [1.807, 2.05) is 35.9 Å². The van der Waals surface area contributed by atoms with Crippen LogP contribution < -0.4 is 5.56 Å². The van der Waals surface area contributed by atoms with Gasteiger partial charge in [0.25, 0.3) is 12.0 Å². The molecule has 0 fully saturated rings. The number of rotatable bonds is 4. The Labute approximate surface area is 189 Å². The van der Waals surface area contributed by atoms with Crippen LogP contribution in [0.15, 0.2) is 47.7 Å². The van der Waals surface area contributed by atoms with Gasteiger partial charge in [-0.25, -0.2) is 9.78 Å². The molecule has 0 atom stereocenters. The zero-order valence-electron chi connectivity index (χ0n) is 18.3. The molecule has 1 aliphatic heterocycles. The van der Waals surface area contributed by atoms with Gasteiger partial charge in [0.2, 0.25) is 5.91 Å². The number of para-hydroxylation sites is 1. The monoisotopic (exact) mass is 452 g/mol. The Bertz CT molecular complexity index is 1260. The molecule has 1 amide bonds. The fraction of sp³-hybridized carbons (Fsp3) is 0.261. The number of carbonyl (C=O) groups is 3. The summed E-state index contributed by atoms with van der Waals surface area (Å²) in [6.45, 7) is 4.32. The summed E-state index contributed by atoms with van der Waals surface area (Å²) in [5, 5.41) is 16.7. The predicted molar refractivity (Wildman–Crippen MR) is 119 cm³/mol. The minimum atomic E-state index is -1.25. The van der Waals surface area contributed by atoms with Crippen LogP contribution in [0, 0.1) is 6.92 Å². The lowest BCUT2D eigenvalue weighted by Crippen LogP contribution is -2.38. The maximum atomic E-state index is 13.2. The molecule has 0 unspecified atom stereocenters. The lowest BCUT2D eigenvalue weighted by molar-refractivity contribution is -0.129. The summed E-state index contributed by atoms with van der Waals surface area (Å²) in [6.07, 6.45) is 5.60. The third-order valence-electron chi connectivity index (χ3n) is 5.57. The summed E-state index contributed by atoms with van der Waals surface area (Å²) in [5.41, 5.74) is 1.89. The van der Waals surface area contributed by atoms with Crippen molar-refractivity contribution in [3.8, 4) is 5.69 Å². The van der Waals surface area contributed by atoms with Gasteiger partial charge in [-0.05, 0) is 36.1 Å². The highest BCUT2D eigenvalue weighted by Gasteiger charge is 2.27. The maximum absolute atomic E-state index is 13.2. The minimum absolute atomic E-state index is 0.0775. The largest absolute Gasteiger partial charge is 0.483 e. The number of aryl methyl sites for hydroxylation is 1. The van der Waals surface area contributed by atoms with Crippen LogP contribution in [0.5, 0.6) is 0 Å². The number of fused-ring (bicyclic) bond motifs is 1. The van der Waals surface area contributed by atoms with Crippen molar-refractivity contribution >= 4 is 18.3 Å². The highest BCUT2D eigenvalue weighted by molar-refractivity contribution is 5.89. The second-order valence-corrected chi connectivity index (χ2v) is 7.52. The van der Waals surface area contributed by atoms with Crippen LogP contribution in [0.3, 0.4) is 0 Å². The first kappa shape index (κ1) is 23.5. The van der Waals surface area contributed by atoms with Gasteiger partial charge in [-0.1, -0.05) is 18.2 Å². The molecule has 1 aliphatic rings. The van der Waals surface area contributed by atoms with Crippen LogP contribution in [0.4, 0.5) is 0 Å². The summed E-state index contributed by atoms with van der Waals surface area (Å²) in [5.74, 6) is -0.484. The van der Waals surface area contributed by atoms with Crippen LogP contribution >= 0.6 is 0 Å². The van der Waals surface area contributed by atoms with Crippen molar-refractivity contribution in [1.29, 1.82) is 0 Å². The molecule has 0 aliphatic carbocycles. The number of pyridine rings is 1. The summed E-state index contributed by atoms with van der Waals surface area (Å²) >= 11 is 0. The lowest BCUT2D eigenvalue weighted by atomic mass is 9.96. The van der Waals surface area contributed by atoms with Gasteiger partial charge in [0, 0.05) is 38.6 Å². The van der Waals surface area contributed by atoms with Gasteiger partial charge in [-0.3, -0.25) is 19.0 Å². The number of carboxylic acid groups (broad SMARTS) is 2. The molecule has 1 aromatic carbocycles. The number of aromatic nitrogens is 3. The molecule has 2 N–H and O–H groups in total. The Hall–Kier alpha value is -4.21. The van der Waals surface area contributed by atoms with E-state index in [0.717, 1.165) is 11.4 Å². The van der Waals surface area contributed by atoms with Crippen molar-refractivity contribution in [2.24, 2.45) is 0 Å². The Morgan fingerprint density at radius 2 is 1.94 bits per heavy atom. The standard InChI is InChI=1S/C22H22N4O4.CH2O2/c1-14-23-8-10-24(14)11-16-5-3-4-6-19(16)26-13-17-12-25(15(2)27)9-7-18(17)20(21(26)28)22(29)30;2-1-3/h3-6,8,10,13H,7,9,11-12H2,1-2H3,(H,29,30);1H,(H,2,3). The highest BCUT2D eigenvalue weighted by atomic mass is 16.4. The van der Waals surface area contributed by atoms with E-state index in [2.05, 4.69) is 4.98 Å². The Morgan fingerprint density at radius 3 is 2.55 bits per heavy atom. The molecule has 0 saturated carbocycles. The molecule has 3 aromatic rings. The Balaban J connectivity index is 0.000000968. The van der Waals surface area contributed by atoms with Crippen molar-refractivity contribution < 1.29 is 24.6 Å². The topological polar surface area (TPSA) is 135 Å². The quantitative estimate of drug-likeness (QED) is 0.575. The summed E-state index contributed by atoms with van der Waals surface area (Å²) in [7, 11) is 0. The molecule has 10 nitrogen and oxygen atoms in total. The molecule has 33 heavy (non-hydrogen) atoms. The number of hydrogen-bond acceptors (Lipinski definition) is 5. The van der Waals surface area contributed by atoms with E-state index in [-0.39, 0.29) is 24.5 Å². The molecule has 172 valence electrons. The Morgan fingerprint density at radius 1 is 1.24 bits per heavy atom. The van der Waals surface area contributed by atoms with Crippen molar-refractivity contribution in [2.75, 3.05) is 6.54 Å². The number of amides is 1. The van der Waals surface area contributed by atoms with E-state index in [1.54, 1.807) is 23.4 Å². The van der Waals surface area contributed by atoms with E-state index in [0.29, 0.717) is 36.3 Å². The van der Waals surface area contributed by atoms with Gasteiger partial charge < -0.3 is 19.7 Å². The zero-order chi connectivity index (χ0) is 24.1. The zero-order valence-corrected chi connectivity index (χ0v) is 18.3. The average molecular weight is 452 g/mol. The van der Waals surface area contributed by atoms with E-state index in [1.165, 1.54) is 11.5 Å². The molecular weight excluding hydrogens is 428 g/mol. The molecule has 0 saturated heterocycles. The van der Waals surface area contributed by atoms with Crippen LogP contribution in [0.2, 0.25) is 0 Å². The molecule has 3 heterocycles. The normalized spacial score (nSPS) is 12.4. The predicted octanol–water partition coefficient (Wildman–Crippen LogP) is 1.69. The molecule has 2 aromatic heterocycles. The Kier molecular flexibility index (Phi) is 7.07. The van der Waals surface area contributed by atoms with Crippen LogP contribution in [0.1, 0.15) is 39.8 Å². The number of carboxylic acids is 1. The molecular formula is C23H24N4O6. The van der Waals surface area contributed by atoms with Gasteiger partial charge >= 0.3 is 5.97 Å². The third kappa shape index (κ3) is 4.84. The molecule has 0 radical (unpaired) electrons. The SMILES string of the molecule is CC(=O)N1CCc2c(cn(-c3ccccc3Cn3ccnc3C)c(=O)c2C(=O)O)C1.O=CO. The smallest absolute Gasteiger partial charge is 0.341 e. The van der Waals surface area contributed by atoms with Crippen LogP contribution in [0.25, 0.3) is 5.69 Å². The number of aromatic carboxylic acids is 1. The molecule has 0 spiro atoms. The fourth-order valence-corrected chi connectivity index (χ4v) is 3.96. The number of imidazole rings is 1. The van der Waals surface area contributed by atoms with Crippen LogP contribution in [-0.2, 0) is 29.1 Å².